The lowest BCUT2D eigenvalue weighted by atomic mass is 10.1. The summed E-state index contributed by atoms with van der Waals surface area (Å²) in [7, 11) is 0. The molecular formula is C15H18N2O4. The predicted molar refractivity (Wildman–Crippen MR) is 76.0 cm³/mol. The normalized spacial score (nSPS) is 24.0. The maximum atomic E-state index is 11.9. The van der Waals surface area contributed by atoms with Gasteiger partial charge in [-0.2, -0.15) is 0 Å². The Morgan fingerprint density at radius 1 is 1.48 bits per heavy atom. The summed E-state index contributed by atoms with van der Waals surface area (Å²) in [5, 5.41) is 5.64. The Hall–Kier alpha value is -2.08. The van der Waals surface area contributed by atoms with Crippen LogP contribution >= 0.6 is 0 Å². The number of carbonyl (C=O) groups is 2. The number of hydrogen-bond donors (Lipinski definition) is 2. The smallest absolute Gasteiger partial charge is 0.265 e. The predicted octanol–water partition coefficient (Wildman–Crippen LogP) is 1.20. The second-order valence-corrected chi connectivity index (χ2v) is 5.30. The van der Waals surface area contributed by atoms with E-state index in [1.807, 2.05) is 12.1 Å². The first-order valence-corrected chi connectivity index (χ1v) is 7.13. The van der Waals surface area contributed by atoms with Gasteiger partial charge in [-0.05, 0) is 37.5 Å². The Morgan fingerprint density at radius 3 is 3.10 bits per heavy atom. The zero-order valence-corrected chi connectivity index (χ0v) is 11.8. The van der Waals surface area contributed by atoms with Gasteiger partial charge in [0.1, 0.15) is 11.9 Å². The van der Waals surface area contributed by atoms with E-state index in [4.69, 9.17) is 9.47 Å². The summed E-state index contributed by atoms with van der Waals surface area (Å²) in [5.41, 5.74) is 1.54. The lowest BCUT2D eigenvalue weighted by molar-refractivity contribution is -0.130. The summed E-state index contributed by atoms with van der Waals surface area (Å²) in [6.45, 7) is 2.75. The molecule has 0 aromatic heterocycles. The average Bonchev–Trinajstić information content (AvgIpc) is 3.00. The van der Waals surface area contributed by atoms with E-state index in [2.05, 4.69) is 10.6 Å². The number of rotatable bonds is 3. The number of nitrogens with one attached hydrogen (secondary N) is 2. The molecule has 1 aromatic carbocycles. The number of anilines is 1. The van der Waals surface area contributed by atoms with Gasteiger partial charge in [0.15, 0.2) is 6.10 Å². The van der Waals surface area contributed by atoms with Crippen LogP contribution in [0.3, 0.4) is 0 Å². The van der Waals surface area contributed by atoms with Gasteiger partial charge < -0.3 is 20.1 Å². The monoisotopic (exact) mass is 290 g/mol. The fourth-order valence-corrected chi connectivity index (χ4v) is 2.45. The van der Waals surface area contributed by atoms with E-state index in [9.17, 15) is 9.59 Å². The third kappa shape index (κ3) is 3.00. The lowest BCUT2D eigenvalue weighted by Gasteiger charge is -2.23. The maximum absolute atomic E-state index is 11.9. The molecule has 1 aromatic rings. The van der Waals surface area contributed by atoms with Crippen molar-refractivity contribution < 1.29 is 19.1 Å². The average molecular weight is 290 g/mol. The quantitative estimate of drug-likeness (QED) is 0.877. The minimum Gasteiger partial charge on any atom is -0.479 e. The minimum atomic E-state index is -0.484. The highest BCUT2D eigenvalue weighted by Gasteiger charge is 2.25. The van der Waals surface area contributed by atoms with Gasteiger partial charge in [-0.25, -0.2) is 0 Å². The largest absolute Gasteiger partial charge is 0.479 e. The van der Waals surface area contributed by atoms with Gasteiger partial charge in [0.25, 0.3) is 5.91 Å². The molecule has 21 heavy (non-hydrogen) atoms. The van der Waals surface area contributed by atoms with Gasteiger partial charge >= 0.3 is 0 Å². The zero-order chi connectivity index (χ0) is 14.8. The van der Waals surface area contributed by atoms with E-state index in [0.29, 0.717) is 24.6 Å². The molecule has 2 aliphatic heterocycles. The fraction of sp³-hybridized carbons (Fsp3) is 0.467. The van der Waals surface area contributed by atoms with Crippen molar-refractivity contribution in [2.24, 2.45) is 0 Å². The third-order valence-electron chi connectivity index (χ3n) is 3.66. The van der Waals surface area contributed by atoms with E-state index in [-0.39, 0.29) is 17.9 Å². The molecule has 0 aliphatic carbocycles. The second kappa shape index (κ2) is 5.73. The molecule has 3 rings (SSSR count). The zero-order valence-electron chi connectivity index (χ0n) is 11.8. The number of carbonyl (C=O) groups excluding carboxylic acids is 2. The second-order valence-electron chi connectivity index (χ2n) is 5.30. The van der Waals surface area contributed by atoms with Crippen molar-refractivity contribution in [3.05, 3.63) is 23.8 Å². The number of ether oxygens (including phenoxy) is 2. The standard InChI is InChI=1S/C15H18N2O4/c1-9-14(18)17-11-7-10(4-5-12(11)21-9)8-16-15(19)13-3-2-6-20-13/h4-5,7,9,13H,2-3,6,8H2,1H3,(H,16,19)(H,17,18). The Kier molecular flexibility index (Phi) is 3.79. The molecule has 0 spiro atoms. The van der Waals surface area contributed by atoms with Crippen LogP contribution in [-0.4, -0.2) is 30.6 Å². The van der Waals surface area contributed by atoms with Crippen molar-refractivity contribution in [1.82, 2.24) is 5.32 Å². The Morgan fingerprint density at radius 2 is 2.33 bits per heavy atom. The lowest BCUT2D eigenvalue weighted by Crippen LogP contribution is -2.35. The van der Waals surface area contributed by atoms with Crippen molar-refractivity contribution in [1.29, 1.82) is 0 Å². The highest BCUT2D eigenvalue weighted by Crippen LogP contribution is 2.30. The van der Waals surface area contributed by atoms with Crippen molar-refractivity contribution in [3.8, 4) is 5.75 Å². The maximum Gasteiger partial charge on any atom is 0.265 e. The molecule has 6 nitrogen and oxygen atoms in total. The molecule has 2 unspecified atom stereocenters. The highest BCUT2D eigenvalue weighted by atomic mass is 16.5. The van der Waals surface area contributed by atoms with E-state index < -0.39 is 6.10 Å². The molecule has 1 saturated heterocycles. The van der Waals surface area contributed by atoms with E-state index in [1.165, 1.54) is 0 Å². The summed E-state index contributed by atoms with van der Waals surface area (Å²) in [6, 6.07) is 5.49. The van der Waals surface area contributed by atoms with Gasteiger partial charge in [0, 0.05) is 13.2 Å². The number of amides is 2. The van der Waals surface area contributed by atoms with Crippen LogP contribution in [0.5, 0.6) is 5.75 Å². The van der Waals surface area contributed by atoms with Crippen LogP contribution in [0.25, 0.3) is 0 Å². The summed E-state index contributed by atoms with van der Waals surface area (Å²) in [4.78, 5) is 23.5. The number of hydrogen-bond acceptors (Lipinski definition) is 4. The van der Waals surface area contributed by atoms with Crippen LogP contribution in [-0.2, 0) is 20.9 Å². The molecule has 2 heterocycles. The third-order valence-corrected chi connectivity index (χ3v) is 3.66. The topological polar surface area (TPSA) is 76.7 Å². The van der Waals surface area contributed by atoms with Crippen LogP contribution < -0.4 is 15.4 Å². The van der Waals surface area contributed by atoms with Gasteiger partial charge in [0.2, 0.25) is 5.91 Å². The van der Waals surface area contributed by atoms with Crippen LogP contribution in [0, 0.1) is 0 Å². The van der Waals surface area contributed by atoms with Crippen LogP contribution in [0.15, 0.2) is 18.2 Å². The van der Waals surface area contributed by atoms with Gasteiger partial charge in [-0.1, -0.05) is 6.07 Å². The van der Waals surface area contributed by atoms with Gasteiger partial charge in [-0.3, -0.25) is 9.59 Å². The van der Waals surface area contributed by atoms with E-state index in [0.717, 1.165) is 18.4 Å². The Balaban J connectivity index is 1.63. The number of benzene rings is 1. The van der Waals surface area contributed by atoms with E-state index in [1.54, 1.807) is 13.0 Å². The van der Waals surface area contributed by atoms with Crippen LogP contribution in [0.1, 0.15) is 25.3 Å². The first kappa shape index (κ1) is 13.9. The minimum absolute atomic E-state index is 0.0841. The Labute approximate surface area is 122 Å². The summed E-state index contributed by atoms with van der Waals surface area (Å²) < 4.78 is 10.8. The summed E-state index contributed by atoms with van der Waals surface area (Å²) in [6.07, 6.45) is 0.894. The fourth-order valence-electron chi connectivity index (χ4n) is 2.45. The molecule has 112 valence electrons. The Bertz CT molecular complexity index is 567. The molecule has 2 atom stereocenters. The van der Waals surface area contributed by atoms with Crippen molar-refractivity contribution in [2.75, 3.05) is 11.9 Å². The summed E-state index contributed by atoms with van der Waals surface area (Å²) in [5.74, 6) is 0.401. The molecule has 2 aliphatic rings. The summed E-state index contributed by atoms with van der Waals surface area (Å²) >= 11 is 0. The molecule has 0 radical (unpaired) electrons. The SMILES string of the molecule is CC1Oc2ccc(CNC(=O)C3CCCO3)cc2NC1=O. The van der Waals surface area contributed by atoms with Crippen molar-refractivity contribution in [2.45, 2.75) is 38.5 Å². The molecule has 2 amide bonds. The molecule has 1 fully saturated rings. The van der Waals surface area contributed by atoms with Crippen LogP contribution in [0.4, 0.5) is 5.69 Å². The molecular weight excluding hydrogens is 272 g/mol. The van der Waals surface area contributed by atoms with E-state index >= 15 is 0 Å². The molecule has 2 N–H and O–H groups in total. The van der Waals surface area contributed by atoms with Gasteiger partial charge in [0.05, 0.1) is 5.69 Å². The molecule has 0 saturated carbocycles. The van der Waals surface area contributed by atoms with Crippen molar-refractivity contribution >= 4 is 17.5 Å². The van der Waals surface area contributed by atoms with Gasteiger partial charge in [-0.15, -0.1) is 0 Å². The molecule has 6 heteroatoms. The van der Waals surface area contributed by atoms with Crippen molar-refractivity contribution in [3.63, 3.8) is 0 Å². The highest BCUT2D eigenvalue weighted by molar-refractivity contribution is 5.97. The van der Waals surface area contributed by atoms with Crippen LogP contribution in [0.2, 0.25) is 0 Å². The first-order chi connectivity index (χ1) is 10.1. The molecule has 0 bridgehead atoms. The first-order valence-electron chi connectivity index (χ1n) is 7.13. The number of fused-ring (bicyclic) bond motifs is 1.